The highest BCUT2D eigenvalue weighted by Gasteiger charge is 2.22. The van der Waals surface area contributed by atoms with Crippen molar-refractivity contribution in [3.05, 3.63) is 41.2 Å². The third-order valence-electron chi connectivity index (χ3n) is 4.39. The molecule has 1 saturated heterocycles. The van der Waals surface area contributed by atoms with E-state index in [1.165, 1.54) is 24.3 Å². The Morgan fingerprint density at radius 1 is 1.39 bits per heavy atom. The number of sulfone groups is 1. The molecule has 2 aromatic rings. The fourth-order valence-electron chi connectivity index (χ4n) is 2.66. The highest BCUT2D eigenvalue weighted by molar-refractivity contribution is 7.91. The van der Waals surface area contributed by atoms with E-state index in [0.717, 1.165) is 6.20 Å². The van der Waals surface area contributed by atoms with Crippen LogP contribution < -0.4 is 5.32 Å². The molecule has 31 heavy (non-hydrogen) atoms. The molecule has 2 heterocycles. The Bertz CT molecular complexity index is 1030. The minimum Gasteiger partial charge on any atom is -0.389 e. The number of ether oxygens (including phenoxy) is 1. The number of nitrogens with one attached hydrogen (secondary N) is 1. The molecule has 0 bridgehead atoms. The minimum atomic E-state index is -3.47. The molecule has 0 radical (unpaired) electrons. The molecule has 3 rings (SSSR count). The number of aromatic nitrogens is 1. The van der Waals surface area contributed by atoms with Gasteiger partial charge in [-0.2, -0.15) is 4.39 Å². The third-order valence-corrected chi connectivity index (χ3v) is 6.80. The van der Waals surface area contributed by atoms with Crippen LogP contribution in [0.4, 0.5) is 9.52 Å². The van der Waals surface area contributed by atoms with Gasteiger partial charge in [0.1, 0.15) is 0 Å². The quantitative estimate of drug-likeness (QED) is 0.439. The van der Waals surface area contributed by atoms with Crippen LogP contribution in [0.3, 0.4) is 0 Å². The van der Waals surface area contributed by atoms with E-state index < -0.39 is 20.9 Å². The summed E-state index contributed by atoms with van der Waals surface area (Å²) < 4.78 is 43.4. The Morgan fingerprint density at radius 2 is 2.13 bits per heavy atom. The van der Waals surface area contributed by atoms with Crippen molar-refractivity contribution in [2.24, 2.45) is 5.16 Å². The molecule has 1 N–H and O–H groups in total. The number of thiazole rings is 1. The molecule has 1 aromatic heterocycles. The van der Waals surface area contributed by atoms with Gasteiger partial charge in [-0.1, -0.05) is 28.6 Å². The lowest BCUT2D eigenvalue weighted by molar-refractivity contribution is -0.110. The standard InChI is InChI=1S/C19H23FN4O5S2/c1-24(2)8-10-31(26,27)15-5-3-13(4-6-15)17(23-29-14-7-9-28-12-14)18(25)22-19-21-11-16(20)30-19/h3-6,11,14H,7-10,12H2,1-2H3,(H,21,22,25)/b23-17+/t14-/m1/s1. The minimum absolute atomic E-state index is 0.0266. The molecule has 0 saturated carbocycles. The van der Waals surface area contributed by atoms with Crippen LogP contribution in [-0.2, 0) is 24.2 Å². The van der Waals surface area contributed by atoms with Gasteiger partial charge in [0.05, 0.1) is 30.1 Å². The van der Waals surface area contributed by atoms with Gasteiger partial charge in [-0.05, 0) is 26.2 Å². The summed E-state index contributed by atoms with van der Waals surface area (Å²) in [7, 11) is 0.122. The van der Waals surface area contributed by atoms with Gasteiger partial charge in [0.15, 0.2) is 31.9 Å². The maximum absolute atomic E-state index is 13.2. The summed E-state index contributed by atoms with van der Waals surface area (Å²) in [6, 6.07) is 5.81. The molecule has 0 unspecified atom stereocenters. The van der Waals surface area contributed by atoms with Crippen molar-refractivity contribution >= 4 is 37.9 Å². The Balaban J connectivity index is 1.82. The van der Waals surface area contributed by atoms with Crippen molar-refractivity contribution in [1.82, 2.24) is 9.88 Å². The second-order valence-corrected chi connectivity index (χ2v) is 10.2. The molecule has 1 aromatic carbocycles. The lowest BCUT2D eigenvalue weighted by Crippen LogP contribution is -2.25. The lowest BCUT2D eigenvalue weighted by Gasteiger charge is -2.12. The summed E-state index contributed by atoms with van der Waals surface area (Å²) in [5.41, 5.74) is 0.264. The van der Waals surface area contributed by atoms with Gasteiger partial charge >= 0.3 is 0 Å². The number of oxime groups is 1. The van der Waals surface area contributed by atoms with E-state index in [9.17, 15) is 17.6 Å². The predicted molar refractivity (Wildman–Crippen MR) is 115 cm³/mol. The maximum Gasteiger partial charge on any atom is 0.280 e. The van der Waals surface area contributed by atoms with E-state index in [-0.39, 0.29) is 27.6 Å². The van der Waals surface area contributed by atoms with Crippen LogP contribution in [0.5, 0.6) is 0 Å². The number of hydrogen-bond acceptors (Lipinski definition) is 9. The van der Waals surface area contributed by atoms with Crippen molar-refractivity contribution in [2.45, 2.75) is 17.4 Å². The second kappa shape index (κ2) is 10.3. The third kappa shape index (κ3) is 6.53. The normalized spacial score (nSPS) is 17.2. The average molecular weight is 471 g/mol. The van der Waals surface area contributed by atoms with Crippen molar-refractivity contribution < 1.29 is 27.2 Å². The first-order valence-corrected chi connectivity index (χ1v) is 11.9. The number of carbonyl (C=O) groups is 1. The average Bonchev–Trinajstić information content (AvgIpc) is 3.39. The highest BCUT2D eigenvalue weighted by atomic mass is 32.2. The summed E-state index contributed by atoms with van der Waals surface area (Å²) in [6.45, 7) is 1.29. The molecule has 0 aliphatic carbocycles. The van der Waals surface area contributed by atoms with Gasteiger partial charge in [0.25, 0.3) is 5.91 Å². The summed E-state index contributed by atoms with van der Waals surface area (Å²) in [6.07, 6.45) is 1.35. The molecule has 1 amide bonds. The molecular formula is C19H23FN4O5S2. The number of carbonyl (C=O) groups excluding carboxylic acids is 1. The maximum atomic E-state index is 13.2. The van der Waals surface area contributed by atoms with E-state index in [4.69, 9.17) is 9.57 Å². The van der Waals surface area contributed by atoms with Crippen LogP contribution >= 0.6 is 11.3 Å². The molecule has 1 aliphatic heterocycles. The van der Waals surface area contributed by atoms with Crippen LogP contribution in [0, 0.1) is 5.13 Å². The number of rotatable bonds is 9. The van der Waals surface area contributed by atoms with Crippen LogP contribution in [0.15, 0.2) is 40.5 Å². The smallest absolute Gasteiger partial charge is 0.280 e. The van der Waals surface area contributed by atoms with Crippen LogP contribution in [-0.4, -0.2) is 75.6 Å². The summed E-state index contributed by atoms with van der Waals surface area (Å²) in [4.78, 5) is 23.9. The van der Waals surface area contributed by atoms with Crippen LogP contribution in [0.25, 0.3) is 0 Å². The SMILES string of the molecule is CN(C)CCS(=O)(=O)c1ccc(/C(=N\O[C@@H]2CCOC2)C(=O)Nc2ncc(F)s2)cc1. The van der Waals surface area contributed by atoms with Gasteiger partial charge in [0, 0.05) is 18.5 Å². The first-order chi connectivity index (χ1) is 14.7. The molecule has 1 atom stereocenters. The molecular weight excluding hydrogens is 447 g/mol. The van der Waals surface area contributed by atoms with Crippen molar-refractivity contribution in [2.75, 3.05) is 44.9 Å². The van der Waals surface area contributed by atoms with Crippen LogP contribution in [0.2, 0.25) is 0 Å². The predicted octanol–water partition coefficient (Wildman–Crippen LogP) is 1.77. The zero-order chi connectivity index (χ0) is 22.4. The van der Waals surface area contributed by atoms with Crippen molar-refractivity contribution in [3.8, 4) is 0 Å². The fraction of sp³-hybridized carbons (Fsp3) is 0.421. The number of amides is 1. The van der Waals surface area contributed by atoms with Gasteiger partial charge in [-0.15, -0.1) is 0 Å². The summed E-state index contributed by atoms with van der Waals surface area (Å²) >= 11 is 0.677. The first-order valence-electron chi connectivity index (χ1n) is 9.47. The molecule has 168 valence electrons. The largest absolute Gasteiger partial charge is 0.389 e. The zero-order valence-electron chi connectivity index (χ0n) is 17.1. The monoisotopic (exact) mass is 470 g/mol. The topological polar surface area (TPSA) is 110 Å². The fourth-order valence-corrected chi connectivity index (χ4v) is 4.59. The van der Waals surface area contributed by atoms with E-state index in [1.807, 2.05) is 0 Å². The van der Waals surface area contributed by atoms with Gasteiger partial charge in [-0.25, -0.2) is 13.4 Å². The Hall–Kier alpha value is -2.41. The van der Waals surface area contributed by atoms with Crippen molar-refractivity contribution in [3.63, 3.8) is 0 Å². The van der Waals surface area contributed by atoms with E-state index in [2.05, 4.69) is 15.5 Å². The number of nitrogens with zero attached hydrogens (tertiary/aromatic N) is 3. The van der Waals surface area contributed by atoms with Crippen molar-refractivity contribution in [1.29, 1.82) is 0 Å². The molecule has 0 spiro atoms. The Labute approximate surface area is 183 Å². The van der Waals surface area contributed by atoms with Crippen LogP contribution in [0.1, 0.15) is 12.0 Å². The lowest BCUT2D eigenvalue weighted by atomic mass is 10.1. The number of hydrogen-bond donors (Lipinski definition) is 1. The summed E-state index contributed by atoms with van der Waals surface area (Å²) in [5.74, 6) is -0.683. The van der Waals surface area contributed by atoms with Gasteiger partial charge in [0.2, 0.25) is 0 Å². The first kappa shape index (κ1) is 23.3. The molecule has 9 nitrogen and oxygen atoms in total. The molecule has 1 fully saturated rings. The van der Waals surface area contributed by atoms with Gasteiger partial charge < -0.3 is 14.5 Å². The number of halogens is 1. The number of anilines is 1. The second-order valence-electron chi connectivity index (χ2n) is 7.10. The van der Waals surface area contributed by atoms with Gasteiger partial charge in [-0.3, -0.25) is 10.1 Å². The summed E-state index contributed by atoms with van der Waals surface area (Å²) in [5, 5.41) is 5.99. The molecule has 1 aliphatic rings. The van der Waals surface area contributed by atoms with E-state index in [0.29, 0.717) is 43.1 Å². The Kier molecular flexibility index (Phi) is 7.70. The van der Waals surface area contributed by atoms with E-state index in [1.54, 1.807) is 19.0 Å². The van der Waals surface area contributed by atoms with E-state index >= 15 is 0 Å². The number of benzene rings is 1. The molecule has 12 heteroatoms. The highest BCUT2D eigenvalue weighted by Crippen LogP contribution is 2.18. The Morgan fingerprint density at radius 3 is 2.71 bits per heavy atom. The zero-order valence-corrected chi connectivity index (χ0v) is 18.7.